The minimum Gasteiger partial charge on any atom is -0.297 e. The molecule has 1 aromatic rings. The minimum absolute atomic E-state index is 0.00241. The van der Waals surface area contributed by atoms with Crippen LogP contribution in [0.1, 0.15) is 27.2 Å². The van der Waals surface area contributed by atoms with Crippen LogP contribution >= 0.6 is 0 Å². The summed E-state index contributed by atoms with van der Waals surface area (Å²) in [4.78, 5) is 2.67. The van der Waals surface area contributed by atoms with Gasteiger partial charge < -0.3 is 0 Å². The molecule has 0 spiro atoms. The van der Waals surface area contributed by atoms with Crippen molar-refractivity contribution in [3.63, 3.8) is 0 Å². The molecule has 0 amide bonds. The van der Waals surface area contributed by atoms with Crippen LogP contribution in [0.25, 0.3) is 0 Å². The smallest absolute Gasteiger partial charge is 0.240 e. The molecule has 1 fully saturated rings. The summed E-state index contributed by atoms with van der Waals surface area (Å²) in [6, 6.07) is 9.42. The van der Waals surface area contributed by atoms with Crippen LogP contribution in [0.15, 0.2) is 35.2 Å². The summed E-state index contributed by atoms with van der Waals surface area (Å²) in [6.45, 7) is 7.22. The first kappa shape index (κ1) is 14.5. The highest BCUT2D eigenvalue weighted by atomic mass is 32.2. The predicted molar refractivity (Wildman–Crippen MR) is 76.5 cm³/mol. The molecule has 4 nitrogen and oxygen atoms in total. The van der Waals surface area contributed by atoms with Crippen molar-refractivity contribution in [1.82, 2.24) is 9.62 Å². The van der Waals surface area contributed by atoms with Crippen LogP contribution in [0.3, 0.4) is 0 Å². The molecule has 1 aromatic carbocycles. The topological polar surface area (TPSA) is 49.4 Å². The Labute approximate surface area is 115 Å². The highest BCUT2D eigenvalue weighted by Crippen LogP contribution is 2.21. The first-order chi connectivity index (χ1) is 8.90. The molecule has 0 unspecified atom stereocenters. The molecule has 2 rings (SSSR count). The normalized spacial score (nSPS) is 25.1. The molecule has 0 radical (unpaired) electrons. The zero-order valence-electron chi connectivity index (χ0n) is 11.7. The van der Waals surface area contributed by atoms with Crippen molar-refractivity contribution in [3.05, 3.63) is 30.3 Å². The molecule has 1 N–H and O–H groups in total. The first-order valence-corrected chi connectivity index (χ1v) is 8.21. The number of nitrogens with one attached hydrogen (secondary N) is 1. The van der Waals surface area contributed by atoms with Crippen molar-refractivity contribution >= 4 is 10.0 Å². The average Bonchev–Trinajstić information content (AvgIpc) is 2.71. The standard InChI is InChI=1S/C14H22N2O2S/c1-11(2)16-10-13(9-12(16)3)15-19(17,18)14-7-5-4-6-8-14/h4-8,11-13,15H,9-10H2,1-3H3/t12-,13-/m1/s1. The molecule has 19 heavy (non-hydrogen) atoms. The van der Waals surface area contributed by atoms with E-state index >= 15 is 0 Å². The Morgan fingerprint density at radius 3 is 2.42 bits per heavy atom. The van der Waals surface area contributed by atoms with Crippen LogP contribution < -0.4 is 4.72 Å². The van der Waals surface area contributed by atoms with E-state index in [9.17, 15) is 8.42 Å². The lowest BCUT2D eigenvalue weighted by molar-refractivity contribution is 0.214. The highest BCUT2D eigenvalue weighted by Gasteiger charge is 2.33. The van der Waals surface area contributed by atoms with E-state index < -0.39 is 10.0 Å². The van der Waals surface area contributed by atoms with E-state index in [1.54, 1.807) is 24.3 Å². The fourth-order valence-corrected chi connectivity index (χ4v) is 4.01. The molecular weight excluding hydrogens is 260 g/mol. The quantitative estimate of drug-likeness (QED) is 0.916. The van der Waals surface area contributed by atoms with Crippen LogP contribution in [-0.2, 0) is 10.0 Å². The summed E-state index contributed by atoms with van der Waals surface area (Å²) in [7, 11) is -3.39. The van der Waals surface area contributed by atoms with Crippen LogP contribution in [0, 0.1) is 0 Å². The molecule has 1 saturated heterocycles. The molecule has 0 aliphatic carbocycles. The summed E-state index contributed by atoms with van der Waals surface area (Å²) < 4.78 is 27.3. The Morgan fingerprint density at radius 1 is 1.26 bits per heavy atom. The Bertz CT molecular complexity index is 514. The lowest BCUT2D eigenvalue weighted by atomic mass is 10.2. The number of sulfonamides is 1. The molecule has 1 heterocycles. The largest absolute Gasteiger partial charge is 0.297 e. The molecule has 5 heteroatoms. The van der Waals surface area contributed by atoms with E-state index in [0.29, 0.717) is 17.0 Å². The highest BCUT2D eigenvalue weighted by molar-refractivity contribution is 7.89. The van der Waals surface area contributed by atoms with Crippen LogP contribution in [0.2, 0.25) is 0 Å². The van der Waals surface area contributed by atoms with E-state index in [-0.39, 0.29) is 6.04 Å². The average molecular weight is 282 g/mol. The SMILES string of the molecule is CC(C)N1C[C@H](NS(=O)(=O)c2ccccc2)C[C@H]1C. The van der Waals surface area contributed by atoms with Crippen LogP contribution in [-0.4, -0.2) is 38.0 Å². The Kier molecular flexibility index (Phi) is 4.28. The van der Waals surface area contributed by atoms with Gasteiger partial charge in [-0.2, -0.15) is 0 Å². The zero-order valence-corrected chi connectivity index (χ0v) is 12.5. The van der Waals surface area contributed by atoms with Crippen molar-refractivity contribution < 1.29 is 8.42 Å². The van der Waals surface area contributed by atoms with Gasteiger partial charge >= 0.3 is 0 Å². The maximum Gasteiger partial charge on any atom is 0.240 e. The Balaban J connectivity index is 2.07. The maximum atomic E-state index is 12.2. The van der Waals surface area contributed by atoms with Gasteiger partial charge in [0.05, 0.1) is 4.90 Å². The van der Waals surface area contributed by atoms with Gasteiger partial charge in [0.2, 0.25) is 10.0 Å². The summed E-state index contributed by atoms with van der Waals surface area (Å²) >= 11 is 0. The number of nitrogens with zero attached hydrogens (tertiary/aromatic N) is 1. The second-order valence-corrected chi connectivity index (χ2v) is 7.22. The van der Waals surface area contributed by atoms with Gasteiger partial charge in [-0.15, -0.1) is 0 Å². The third-order valence-electron chi connectivity index (χ3n) is 3.66. The van der Waals surface area contributed by atoms with Gasteiger partial charge in [0.1, 0.15) is 0 Å². The monoisotopic (exact) mass is 282 g/mol. The predicted octanol–water partition coefficient (Wildman–Crippen LogP) is 1.84. The van der Waals surface area contributed by atoms with E-state index in [2.05, 4.69) is 30.4 Å². The minimum atomic E-state index is -3.39. The van der Waals surface area contributed by atoms with Gasteiger partial charge in [0.25, 0.3) is 0 Å². The Morgan fingerprint density at radius 2 is 1.89 bits per heavy atom. The summed E-state index contributed by atoms with van der Waals surface area (Å²) in [5.41, 5.74) is 0. The van der Waals surface area contributed by atoms with E-state index in [4.69, 9.17) is 0 Å². The van der Waals surface area contributed by atoms with Gasteiger partial charge in [-0.1, -0.05) is 18.2 Å². The van der Waals surface area contributed by atoms with Gasteiger partial charge in [-0.3, -0.25) is 4.90 Å². The molecule has 0 saturated carbocycles. The number of rotatable bonds is 4. The molecule has 2 atom stereocenters. The number of likely N-dealkylation sites (tertiary alicyclic amines) is 1. The van der Waals surface area contributed by atoms with E-state index in [0.717, 1.165) is 13.0 Å². The second-order valence-electron chi connectivity index (χ2n) is 5.51. The van der Waals surface area contributed by atoms with Crippen molar-refractivity contribution in [2.24, 2.45) is 0 Å². The van der Waals surface area contributed by atoms with Gasteiger partial charge in [0.15, 0.2) is 0 Å². The van der Waals surface area contributed by atoms with Crippen molar-refractivity contribution in [1.29, 1.82) is 0 Å². The zero-order chi connectivity index (χ0) is 14.0. The number of hydrogen-bond donors (Lipinski definition) is 1. The fourth-order valence-electron chi connectivity index (χ4n) is 2.75. The lowest BCUT2D eigenvalue weighted by Crippen LogP contribution is -2.39. The molecule has 0 bridgehead atoms. The molecule has 106 valence electrons. The number of hydrogen-bond acceptors (Lipinski definition) is 3. The fraction of sp³-hybridized carbons (Fsp3) is 0.571. The van der Waals surface area contributed by atoms with Crippen LogP contribution in [0.4, 0.5) is 0 Å². The summed E-state index contributed by atoms with van der Waals surface area (Å²) in [6.07, 6.45) is 0.865. The van der Waals surface area contributed by atoms with Crippen LogP contribution in [0.5, 0.6) is 0 Å². The van der Waals surface area contributed by atoms with Gasteiger partial charge in [-0.25, -0.2) is 13.1 Å². The third-order valence-corrected chi connectivity index (χ3v) is 5.20. The van der Waals surface area contributed by atoms with Crippen molar-refractivity contribution in [3.8, 4) is 0 Å². The molecule has 0 aromatic heterocycles. The lowest BCUT2D eigenvalue weighted by Gasteiger charge is -2.25. The second kappa shape index (κ2) is 5.61. The van der Waals surface area contributed by atoms with Crippen molar-refractivity contribution in [2.75, 3.05) is 6.54 Å². The third kappa shape index (κ3) is 3.35. The van der Waals surface area contributed by atoms with Gasteiger partial charge in [-0.05, 0) is 39.3 Å². The maximum absolute atomic E-state index is 12.2. The molecular formula is C14H22N2O2S. The van der Waals surface area contributed by atoms with Crippen molar-refractivity contribution in [2.45, 2.75) is 50.2 Å². The first-order valence-electron chi connectivity index (χ1n) is 6.73. The van der Waals surface area contributed by atoms with Gasteiger partial charge in [0, 0.05) is 24.7 Å². The summed E-state index contributed by atoms with van der Waals surface area (Å²) in [5.74, 6) is 0. The molecule has 1 aliphatic heterocycles. The summed E-state index contributed by atoms with van der Waals surface area (Å²) in [5, 5.41) is 0. The van der Waals surface area contributed by atoms with E-state index in [1.807, 2.05) is 6.07 Å². The Hall–Kier alpha value is -0.910. The molecule has 1 aliphatic rings. The number of benzene rings is 1. The van der Waals surface area contributed by atoms with E-state index in [1.165, 1.54) is 0 Å².